The first-order chi connectivity index (χ1) is 11.1. The van der Waals surface area contributed by atoms with E-state index in [1.807, 2.05) is 5.38 Å². The lowest BCUT2D eigenvalue weighted by atomic mass is 10.1. The summed E-state index contributed by atoms with van der Waals surface area (Å²) < 4.78 is 0. The molecule has 0 aliphatic carbocycles. The summed E-state index contributed by atoms with van der Waals surface area (Å²) in [6, 6.07) is 3.49. The molecule has 0 aromatic carbocycles. The van der Waals surface area contributed by atoms with E-state index in [4.69, 9.17) is 0 Å². The third-order valence-electron chi connectivity index (χ3n) is 3.66. The van der Waals surface area contributed by atoms with Gasteiger partial charge in [-0.25, -0.2) is 0 Å². The minimum absolute atomic E-state index is 0.0201. The molecule has 2 heterocycles. The van der Waals surface area contributed by atoms with E-state index in [2.05, 4.69) is 35.5 Å². The number of nitrogens with one attached hydrogen (secondary N) is 1. The van der Waals surface area contributed by atoms with Crippen molar-refractivity contribution in [1.82, 2.24) is 10.2 Å². The molecule has 1 N–H and O–H groups in total. The van der Waals surface area contributed by atoms with Crippen LogP contribution in [-0.4, -0.2) is 35.4 Å². The molecule has 0 aliphatic heterocycles. The number of carbonyl (C=O) groups is 1. The van der Waals surface area contributed by atoms with E-state index in [-0.39, 0.29) is 17.0 Å². The van der Waals surface area contributed by atoms with E-state index in [1.54, 1.807) is 11.3 Å². The van der Waals surface area contributed by atoms with E-state index < -0.39 is 4.92 Å². The summed E-state index contributed by atoms with van der Waals surface area (Å²) in [6.45, 7) is 6.42. The lowest BCUT2D eigenvalue weighted by Gasteiger charge is -2.29. The topological polar surface area (TPSA) is 75.5 Å². The number of rotatable bonds is 8. The fraction of sp³-hybridized carbons (Fsp3) is 0.400. The van der Waals surface area contributed by atoms with E-state index in [0.29, 0.717) is 12.1 Å². The summed E-state index contributed by atoms with van der Waals surface area (Å²) in [5, 5.41) is 19.2. The monoisotopic (exact) mass is 353 g/mol. The van der Waals surface area contributed by atoms with Crippen molar-refractivity contribution in [1.29, 1.82) is 0 Å². The van der Waals surface area contributed by atoms with Crippen LogP contribution in [0.15, 0.2) is 28.3 Å². The van der Waals surface area contributed by atoms with Gasteiger partial charge in [0.05, 0.1) is 16.5 Å². The largest absolute Gasteiger partial charge is 0.350 e. The molecule has 0 fully saturated rings. The summed E-state index contributed by atoms with van der Waals surface area (Å²) in [4.78, 5) is 24.7. The molecule has 6 nitrogen and oxygen atoms in total. The first-order valence-electron chi connectivity index (χ1n) is 7.34. The summed E-state index contributed by atoms with van der Waals surface area (Å²) in [5.41, 5.74) is 1.51. The zero-order valence-electron chi connectivity index (χ0n) is 13.0. The third kappa shape index (κ3) is 4.37. The minimum atomic E-state index is -0.481. The molecule has 0 radical (unpaired) electrons. The molecule has 1 unspecified atom stereocenters. The van der Waals surface area contributed by atoms with Crippen LogP contribution in [0.1, 0.15) is 35.8 Å². The average molecular weight is 353 g/mol. The number of nitro groups is 1. The van der Waals surface area contributed by atoms with Crippen molar-refractivity contribution < 1.29 is 9.72 Å². The van der Waals surface area contributed by atoms with Gasteiger partial charge in [-0.05, 0) is 35.5 Å². The van der Waals surface area contributed by atoms with Gasteiger partial charge in [0.15, 0.2) is 0 Å². The second-order valence-corrected chi connectivity index (χ2v) is 6.60. The van der Waals surface area contributed by atoms with E-state index >= 15 is 0 Å². The Morgan fingerprint density at radius 3 is 2.65 bits per heavy atom. The number of likely N-dealkylation sites (N-methyl/N-ethyl adjacent to an activating group) is 1. The van der Waals surface area contributed by atoms with Gasteiger partial charge >= 0.3 is 5.00 Å². The number of hydrogen-bond donors (Lipinski definition) is 1. The fourth-order valence-electron chi connectivity index (χ4n) is 2.42. The second kappa shape index (κ2) is 8.19. The highest BCUT2D eigenvalue weighted by molar-refractivity contribution is 7.13. The average Bonchev–Trinajstić information content (AvgIpc) is 3.22. The molecule has 0 bridgehead atoms. The molecule has 0 aliphatic rings. The Bertz CT molecular complexity index is 651. The van der Waals surface area contributed by atoms with Crippen molar-refractivity contribution in [2.45, 2.75) is 19.9 Å². The normalized spacial score (nSPS) is 12.3. The summed E-state index contributed by atoms with van der Waals surface area (Å²) in [5.74, 6) is -0.276. The van der Waals surface area contributed by atoms with Crippen molar-refractivity contribution in [3.05, 3.63) is 49.5 Å². The van der Waals surface area contributed by atoms with E-state index in [9.17, 15) is 14.9 Å². The lowest BCUT2D eigenvalue weighted by Crippen LogP contribution is -2.37. The third-order valence-corrected chi connectivity index (χ3v) is 5.25. The van der Waals surface area contributed by atoms with Crippen LogP contribution in [0.5, 0.6) is 0 Å². The van der Waals surface area contributed by atoms with Crippen LogP contribution in [0.4, 0.5) is 5.00 Å². The van der Waals surface area contributed by atoms with Crippen LogP contribution in [0.25, 0.3) is 0 Å². The van der Waals surface area contributed by atoms with Crippen LogP contribution in [0, 0.1) is 10.1 Å². The van der Waals surface area contributed by atoms with Crippen molar-refractivity contribution in [3.63, 3.8) is 0 Å². The molecule has 2 rings (SSSR count). The van der Waals surface area contributed by atoms with Gasteiger partial charge in [0.25, 0.3) is 5.91 Å². The van der Waals surface area contributed by atoms with Crippen molar-refractivity contribution in [2.75, 3.05) is 19.6 Å². The maximum Gasteiger partial charge on any atom is 0.324 e. The molecule has 0 saturated heterocycles. The Hall–Kier alpha value is -1.77. The van der Waals surface area contributed by atoms with Gasteiger partial charge in [0.1, 0.15) is 0 Å². The summed E-state index contributed by atoms with van der Waals surface area (Å²) in [7, 11) is 0. The van der Waals surface area contributed by atoms with Gasteiger partial charge in [-0.15, -0.1) is 0 Å². The quantitative estimate of drug-likeness (QED) is 0.582. The maximum atomic E-state index is 12.2. The lowest BCUT2D eigenvalue weighted by molar-refractivity contribution is -0.380. The summed E-state index contributed by atoms with van der Waals surface area (Å²) in [6.07, 6.45) is 0. The first-order valence-corrected chi connectivity index (χ1v) is 9.16. The molecule has 0 spiro atoms. The van der Waals surface area contributed by atoms with Crippen molar-refractivity contribution >= 4 is 33.6 Å². The van der Waals surface area contributed by atoms with Crippen LogP contribution in [0.3, 0.4) is 0 Å². The zero-order chi connectivity index (χ0) is 16.8. The Morgan fingerprint density at radius 1 is 1.39 bits per heavy atom. The highest BCUT2D eigenvalue weighted by Gasteiger charge is 2.21. The number of hydrogen-bond acceptors (Lipinski definition) is 6. The predicted octanol–water partition coefficient (Wildman–Crippen LogP) is 3.53. The first kappa shape index (κ1) is 17.6. The number of nitrogens with zero attached hydrogens (tertiary/aromatic N) is 2. The number of carbonyl (C=O) groups excluding carboxylic acids is 1. The van der Waals surface area contributed by atoms with Gasteiger partial charge in [-0.2, -0.15) is 11.3 Å². The van der Waals surface area contributed by atoms with Gasteiger partial charge in [0, 0.05) is 18.0 Å². The number of thiophene rings is 2. The van der Waals surface area contributed by atoms with Crippen molar-refractivity contribution in [3.8, 4) is 0 Å². The zero-order valence-corrected chi connectivity index (χ0v) is 14.7. The molecule has 23 heavy (non-hydrogen) atoms. The Kier molecular flexibility index (Phi) is 6.26. The highest BCUT2D eigenvalue weighted by Crippen LogP contribution is 2.24. The SMILES string of the molecule is CCN(CC)C(CNC(=O)c1csc([N+](=O)[O-])c1)c1ccsc1. The molecule has 2 aromatic heterocycles. The minimum Gasteiger partial charge on any atom is -0.350 e. The van der Waals surface area contributed by atoms with Crippen LogP contribution < -0.4 is 5.32 Å². The second-order valence-electron chi connectivity index (χ2n) is 4.93. The molecule has 1 atom stereocenters. The van der Waals surface area contributed by atoms with E-state index in [1.165, 1.54) is 17.0 Å². The van der Waals surface area contributed by atoms with Gasteiger partial charge in [-0.3, -0.25) is 19.8 Å². The van der Waals surface area contributed by atoms with Crippen LogP contribution in [-0.2, 0) is 0 Å². The fourth-order valence-corrected chi connectivity index (χ4v) is 3.83. The maximum absolute atomic E-state index is 12.2. The van der Waals surface area contributed by atoms with E-state index in [0.717, 1.165) is 24.4 Å². The summed E-state index contributed by atoms with van der Waals surface area (Å²) >= 11 is 2.60. The predicted molar refractivity (Wildman–Crippen MR) is 93.3 cm³/mol. The smallest absolute Gasteiger partial charge is 0.324 e. The van der Waals surface area contributed by atoms with Gasteiger partial charge < -0.3 is 5.32 Å². The molecule has 1 amide bonds. The van der Waals surface area contributed by atoms with Gasteiger partial charge in [-0.1, -0.05) is 25.2 Å². The highest BCUT2D eigenvalue weighted by atomic mass is 32.1. The Labute approximate surface area is 142 Å². The molecule has 2 aromatic rings. The van der Waals surface area contributed by atoms with Crippen LogP contribution >= 0.6 is 22.7 Å². The van der Waals surface area contributed by atoms with Crippen LogP contribution in [0.2, 0.25) is 0 Å². The van der Waals surface area contributed by atoms with Crippen molar-refractivity contribution in [2.24, 2.45) is 0 Å². The number of amides is 1. The molecular formula is C15H19N3O3S2. The molecular weight excluding hydrogens is 334 g/mol. The molecule has 124 valence electrons. The Balaban J connectivity index is 2.05. The molecule has 8 heteroatoms. The standard InChI is InChI=1S/C15H19N3O3S2/c1-3-17(4-2)13(11-5-6-22-9-11)8-16-15(19)12-7-14(18(20)21)23-10-12/h5-7,9-10,13H,3-4,8H2,1-2H3,(H,16,19). The molecule has 0 saturated carbocycles. The van der Waals surface area contributed by atoms with Gasteiger partial charge in [0.2, 0.25) is 0 Å². The Morgan fingerprint density at radius 2 is 2.13 bits per heavy atom.